The SMILES string of the molecule is CC(C)(C)CC(CC(=O)O)NC(=O)c1ccc(Cl)c(N)c1. The zero-order chi connectivity index (χ0) is 16.2. The molecule has 1 aromatic carbocycles. The zero-order valence-electron chi connectivity index (χ0n) is 12.4. The molecule has 0 saturated heterocycles. The van der Waals surface area contributed by atoms with E-state index < -0.39 is 12.0 Å². The second kappa shape index (κ2) is 6.80. The number of nitrogens with two attached hydrogens (primary N) is 1. The van der Waals surface area contributed by atoms with Crippen molar-refractivity contribution in [3.63, 3.8) is 0 Å². The molecule has 0 fully saturated rings. The molecule has 1 amide bonds. The van der Waals surface area contributed by atoms with Gasteiger partial charge in [-0.3, -0.25) is 9.59 Å². The predicted octanol–water partition coefficient (Wildman–Crippen LogP) is 2.93. The Hall–Kier alpha value is -1.75. The monoisotopic (exact) mass is 312 g/mol. The lowest BCUT2D eigenvalue weighted by Crippen LogP contribution is -2.39. The van der Waals surface area contributed by atoms with Crippen LogP contribution >= 0.6 is 11.6 Å². The largest absolute Gasteiger partial charge is 0.481 e. The Morgan fingerprint density at radius 3 is 2.48 bits per heavy atom. The van der Waals surface area contributed by atoms with Gasteiger partial charge in [0.05, 0.1) is 17.1 Å². The summed E-state index contributed by atoms with van der Waals surface area (Å²) < 4.78 is 0. The summed E-state index contributed by atoms with van der Waals surface area (Å²) in [6, 6.07) is 4.14. The summed E-state index contributed by atoms with van der Waals surface area (Å²) in [6.45, 7) is 5.98. The fraction of sp³-hybridized carbons (Fsp3) is 0.467. The zero-order valence-corrected chi connectivity index (χ0v) is 13.2. The molecule has 0 aliphatic rings. The molecule has 0 radical (unpaired) electrons. The lowest BCUT2D eigenvalue weighted by atomic mass is 9.87. The number of aliphatic carboxylic acids is 1. The van der Waals surface area contributed by atoms with Gasteiger partial charge < -0.3 is 16.2 Å². The van der Waals surface area contributed by atoms with E-state index in [9.17, 15) is 9.59 Å². The molecule has 0 aliphatic carbocycles. The van der Waals surface area contributed by atoms with E-state index in [1.807, 2.05) is 20.8 Å². The summed E-state index contributed by atoms with van der Waals surface area (Å²) in [7, 11) is 0. The number of rotatable bonds is 5. The van der Waals surface area contributed by atoms with E-state index in [0.29, 0.717) is 22.7 Å². The van der Waals surface area contributed by atoms with Crippen molar-refractivity contribution in [3.8, 4) is 0 Å². The third-order valence-corrected chi connectivity index (χ3v) is 3.22. The Morgan fingerprint density at radius 2 is 2.00 bits per heavy atom. The highest BCUT2D eigenvalue weighted by atomic mass is 35.5. The number of benzene rings is 1. The predicted molar refractivity (Wildman–Crippen MR) is 83.4 cm³/mol. The van der Waals surface area contributed by atoms with Crippen molar-refractivity contribution in [2.24, 2.45) is 5.41 Å². The van der Waals surface area contributed by atoms with Gasteiger partial charge in [-0.1, -0.05) is 32.4 Å². The first-order valence-electron chi connectivity index (χ1n) is 6.66. The minimum atomic E-state index is -0.944. The Kier molecular flexibility index (Phi) is 5.61. The molecule has 0 aromatic heterocycles. The van der Waals surface area contributed by atoms with Crippen LogP contribution in [0.2, 0.25) is 5.02 Å². The van der Waals surface area contributed by atoms with E-state index >= 15 is 0 Å². The molecule has 6 heteroatoms. The standard InChI is InChI=1S/C15H21ClN2O3/c1-15(2,3)8-10(7-13(19)20)18-14(21)9-4-5-11(16)12(17)6-9/h4-6,10H,7-8,17H2,1-3H3,(H,18,21)(H,19,20). The van der Waals surface area contributed by atoms with E-state index in [1.165, 1.54) is 6.07 Å². The van der Waals surface area contributed by atoms with Crippen molar-refractivity contribution in [3.05, 3.63) is 28.8 Å². The number of carboxylic acid groups (broad SMARTS) is 1. The second-order valence-electron chi connectivity index (χ2n) is 6.27. The van der Waals surface area contributed by atoms with Crippen LogP contribution in [-0.2, 0) is 4.79 Å². The van der Waals surface area contributed by atoms with Crippen molar-refractivity contribution >= 4 is 29.2 Å². The minimum Gasteiger partial charge on any atom is -0.481 e. The molecule has 0 aliphatic heterocycles. The van der Waals surface area contributed by atoms with Gasteiger partial charge in [-0.2, -0.15) is 0 Å². The summed E-state index contributed by atoms with van der Waals surface area (Å²) in [5.74, 6) is -1.30. The average Bonchev–Trinajstić information content (AvgIpc) is 2.29. The van der Waals surface area contributed by atoms with Gasteiger partial charge >= 0.3 is 5.97 Å². The highest BCUT2D eigenvalue weighted by Gasteiger charge is 2.23. The van der Waals surface area contributed by atoms with Crippen molar-refractivity contribution in [1.82, 2.24) is 5.32 Å². The van der Waals surface area contributed by atoms with E-state index in [1.54, 1.807) is 12.1 Å². The molecular formula is C15H21ClN2O3. The maximum Gasteiger partial charge on any atom is 0.305 e. The fourth-order valence-electron chi connectivity index (χ4n) is 2.08. The van der Waals surface area contributed by atoms with Gasteiger partial charge in [0.15, 0.2) is 0 Å². The lowest BCUT2D eigenvalue weighted by molar-refractivity contribution is -0.137. The fourth-order valence-corrected chi connectivity index (χ4v) is 2.20. The first-order valence-corrected chi connectivity index (χ1v) is 7.04. The normalized spacial score (nSPS) is 12.8. The van der Waals surface area contributed by atoms with Crippen molar-refractivity contribution in [1.29, 1.82) is 0 Å². The smallest absolute Gasteiger partial charge is 0.305 e. The Balaban J connectivity index is 2.83. The number of carboxylic acids is 1. The van der Waals surface area contributed by atoms with Gasteiger partial charge in [-0.05, 0) is 30.0 Å². The molecule has 21 heavy (non-hydrogen) atoms. The Morgan fingerprint density at radius 1 is 1.38 bits per heavy atom. The minimum absolute atomic E-state index is 0.0909. The highest BCUT2D eigenvalue weighted by molar-refractivity contribution is 6.33. The average molecular weight is 313 g/mol. The van der Waals surface area contributed by atoms with Crippen LogP contribution in [0, 0.1) is 5.41 Å². The molecule has 1 aromatic rings. The van der Waals surface area contributed by atoms with Crippen molar-refractivity contribution in [2.45, 2.75) is 39.7 Å². The number of hydrogen-bond acceptors (Lipinski definition) is 3. The molecule has 1 unspecified atom stereocenters. The van der Waals surface area contributed by atoms with Gasteiger partial charge in [-0.25, -0.2) is 0 Å². The Labute approximate surface area is 129 Å². The first kappa shape index (κ1) is 17.3. The van der Waals surface area contributed by atoms with Crippen LogP contribution in [0.1, 0.15) is 44.0 Å². The summed E-state index contributed by atoms with van der Waals surface area (Å²) in [4.78, 5) is 23.1. The number of carbonyl (C=O) groups is 2. The summed E-state index contributed by atoms with van der Waals surface area (Å²) in [5.41, 5.74) is 6.25. The van der Waals surface area contributed by atoms with Crippen LogP contribution in [0.5, 0.6) is 0 Å². The number of nitrogens with one attached hydrogen (secondary N) is 1. The van der Waals surface area contributed by atoms with Gasteiger partial charge in [0.25, 0.3) is 5.91 Å². The van der Waals surface area contributed by atoms with E-state index in [2.05, 4.69) is 5.32 Å². The van der Waals surface area contributed by atoms with Crippen molar-refractivity contribution in [2.75, 3.05) is 5.73 Å². The van der Waals surface area contributed by atoms with E-state index in [-0.39, 0.29) is 17.7 Å². The molecule has 0 bridgehead atoms. The summed E-state index contributed by atoms with van der Waals surface area (Å²) in [6.07, 6.45) is 0.445. The second-order valence-corrected chi connectivity index (χ2v) is 6.68. The summed E-state index contributed by atoms with van der Waals surface area (Å²) >= 11 is 5.81. The molecule has 0 heterocycles. The molecule has 1 atom stereocenters. The van der Waals surface area contributed by atoms with Crippen LogP contribution < -0.4 is 11.1 Å². The van der Waals surface area contributed by atoms with Gasteiger partial charge in [-0.15, -0.1) is 0 Å². The third-order valence-electron chi connectivity index (χ3n) is 2.87. The van der Waals surface area contributed by atoms with Crippen molar-refractivity contribution < 1.29 is 14.7 Å². The molecule has 0 saturated carbocycles. The van der Waals surface area contributed by atoms with Crippen LogP contribution in [-0.4, -0.2) is 23.0 Å². The lowest BCUT2D eigenvalue weighted by Gasteiger charge is -2.25. The van der Waals surface area contributed by atoms with E-state index in [4.69, 9.17) is 22.4 Å². The Bertz CT molecular complexity index is 538. The van der Waals surface area contributed by atoms with Crippen LogP contribution in [0.4, 0.5) is 5.69 Å². The number of hydrogen-bond donors (Lipinski definition) is 3. The molecule has 5 nitrogen and oxygen atoms in total. The van der Waals surface area contributed by atoms with Gasteiger partial charge in [0, 0.05) is 11.6 Å². The molecule has 0 spiro atoms. The number of nitrogen functional groups attached to an aromatic ring is 1. The van der Waals surface area contributed by atoms with Crippen LogP contribution in [0.3, 0.4) is 0 Å². The number of halogens is 1. The van der Waals surface area contributed by atoms with Crippen LogP contribution in [0.25, 0.3) is 0 Å². The van der Waals surface area contributed by atoms with Gasteiger partial charge in [0.2, 0.25) is 0 Å². The highest BCUT2D eigenvalue weighted by Crippen LogP contribution is 2.23. The number of carbonyl (C=O) groups excluding carboxylic acids is 1. The van der Waals surface area contributed by atoms with Gasteiger partial charge in [0.1, 0.15) is 0 Å². The molecule has 116 valence electrons. The molecule has 1 rings (SSSR count). The number of anilines is 1. The maximum atomic E-state index is 12.2. The first-order chi connectivity index (χ1) is 9.58. The quantitative estimate of drug-likeness (QED) is 0.729. The topological polar surface area (TPSA) is 92.4 Å². The molecular weight excluding hydrogens is 292 g/mol. The number of amides is 1. The molecule has 4 N–H and O–H groups in total. The maximum absolute atomic E-state index is 12.2. The third kappa shape index (κ3) is 6.04. The summed E-state index contributed by atoms with van der Waals surface area (Å²) in [5, 5.41) is 12.1. The van der Waals surface area contributed by atoms with Crippen LogP contribution in [0.15, 0.2) is 18.2 Å². The van der Waals surface area contributed by atoms with E-state index in [0.717, 1.165) is 0 Å².